The normalized spacial score (nSPS) is 12.0. The second-order valence-electron chi connectivity index (χ2n) is 5.40. The van der Waals surface area contributed by atoms with E-state index in [4.69, 9.17) is 23.2 Å². The molecule has 1 atom stereocenters. The van der Waals surface area contributed by atoms with Gasteiger partial charge in [-0.3, -0.25) is 4.79 Å². The summed E-state index contributed by atoms with van der Waals surface area (Å²) in [5.74, 6) is -0.0307. The van der Waals surface area contributed by atoms with Gasteiger partial charge in [-0.05, 0) is 36.8 Å². The van der Waals surface area contributed by atoms with Crippen molar-refractivity contribution in [2.45, 2.75) is 13.5 Å². The first-order chi connectivity index (χ1) is 10.5. The number of carbonyl (C=O) groups is 1. The number of amides is 1. The highest BCUT2D eigenvalue weighted by atomic mass is 35.5. The average Bonchev–Trinajstić information content (AvgIpc) is 2.46. The molecule has 2 aromatic carbocycles. The van der Waals surface area contributed by atoms with Gasteiger partial charge < -0.3 is 10.2 Å². The third-order valence-corrected chi connectivity index (χ3v) is 4.08. The number of benzene rings is 2. The van der Waals surface area contributed by atoms with Crippen molar-refractivity contribution in [2.75, 3.05) is 18.9 Å². The lowest BCUT2D eigenvalue weighted by Gasteiger charge is -2.15. The van der Waals surface area contributed by atoms with Gasteiger partial charge in [0.05, 0.1) is 7.05 Å². The van der Waals surface area contributed by atoms with E-state index in [0.29, 0.717) is 11.6 Å². The second-order valence-corrected chi connectivity index (χ2v) is 6.24. The molecular weight excluding hydrogens is 319 g/mol. The summed E-state index contributed by atoms with van der Waals surface area (Å²) in [6.07, 6.45) is 0. The van der Waals surface area contributed by atoms with Gasteiger partial charge in [0.2, 0.25) is 0 Å². The van der Waals surface area contributed by atoms with Crippen LogP contribution in [0.5, 0.6) is 0 Å². The number of likely N-dealkylation sites (N-methyl/N-ethyl adjacent to an activating group) is 1. The van der Waals surface area contributed by atoms with Gasteiger partial charge in [0.1, 0.15) is 6.54 Å². The summed E-state index contributed by atoms with van der Waals surface area (Å²) in [4.78, 5) is 13.2. The van der Waals surface area contributed by atoms with Crippen LogP contribution in [0.15, 0.2) is 42.5 Å². The summed E-state index contributed by atoms with van der Waals surface area (Å²) in [6.45, 7) is 3.04. The van der Waals surface area contributed by atoms with Gasteiger partial charge >= 0.3 is 0 Å². The number of halogens is 2. The molecule has 0 saturated heterocycles. The molecule has 0 aliphatic heterocycles. The van der Waals surface area contributed by atoms with E-state index in [1.807, 2.05) is 56.4 Å². The molecule has 1 amide bonds. The van der Waals surface area contributed by atoms with Crippen LogP contribution in [0.3, 0.4) is 0 Å². The molecule has 0 spiro atoms. The molecule has 2 aromatic rings. The van der Waals surface area contributed by atoms with Crippen molar-refractivity contribution in [1.82, 2.24) is 0 Å². The maximum Gasteiger partial charge on any atom is 0.279 e. The first-order valence-corrected chi connectivity index (χ1v) is 7.82. The van der Waals surface area contributed by atoms with Crippen molar-refractivity contribution in [3.63, 3.8) is 0 Å². The molecule has 2 N–H and O–H groups in total. The fourth-order valence-corrected chi connectivity index (χ4v) is 2.53. The Morgan fingerprint density at radius 3 is 2.50 bits per heavy atom. The van der Waals surface area contributed by atoms with Crippen LogP contribution in [0.25, 0.3) is 0 Å². The standard InChI is InChI=1S/C17H18Cl2N2O/c1-12-15(19)4-3-5-16(12)20-17(22)11-21(2)10-13-6-8-14(18)9-7-13/h3-9H,10-11H2,1-2H3,(H,20,22)/p+1. The minimum Gasteiger partial charge on any atom is -0.326 e. The zero-order valence-corrected chi connectivity index (χ0v) is 14.1. The molecule has 0 aliphatic carbocycles. The van der Waals surface area contributed by atoms with E-state index >= 15 is 0 Å². The molecule has 2 rings (SSSR count). The minimum atomic E-state index is -0.0307. The van der Waals surface area contributed by atoms with Gasteiger partial charge in [-0.25, -0.2) is 0 Å². The summed E-state index contributed by atoms with van der Waals surface area (Å²) in [5.41, 5.74) is 2.79. The summed E-state index contributed by atoms with van der Waals surface area (Å²) in [6, 6.07) is 13.2. The van der Waals surface area contributed by atoms with Crippen molar-refractivity contribution >= 4 is 34.8 Å². The molecule has 0 radical (unpaired) electrons. The molecule has 3 nitrogen and oxygen atoms in total. The first kappa shape index (κ1) is 16.8. The highest BCUT2D eigenvalue weighted by Crippen LogP contribution is 2.22. The van der Waals surface area contributed by atoms with Crippen LogP contribution in [-0.2, 0) is 11.3 Å². The Hall–Kier alpha value is -1.55. The SMILES string of the molecule is Cc1c(Cl)cccc1NC(=O)C[NH+](C)Cc1ccc(Cl)cc1. The van der Waals surface area contributed by atoms with Crippen molar-refractivity contribution in [3.05, 3.63) is 63.6 Å². The van der Waals surface area contributed by atoms with Crippen molar-refractivity contribution in [2.24, 2.45) is 0 Å². The number of carbonyl (C=O) groups excluding carboxylic acids is 1. The molecule has 1 unspecified atom stereocenters. The molecule has 0 fully saturated rings. The zero-order chi connectivity index (χ0) is 16.1. The van der Waals surface area contributed by atoms with Crippen molar-refractivity contribution < 1.29 is 9.69 Å². The molecule has 5 heteroatoms. The maximum absolute atomic E-state index is 12.1. The van der Waals surface area contributed by atoms with Gasteiger partial charge in [-0.1, -0.05) is 41.4 Å². The van der Waals surface area contributed by atoms with Gasteiger partial charge in [-0.2, -0.15) is 0 Å². The zero-order valence-electron chi connectivity index (χ0n) is 12.6. The monoisotopic (exact) mass is 337 g/mol. The number of hydrogen-bond donors (Lipinski definition) is 2. The van der Waals surface area contributed by atoms with E-state index in [2.05, 4.69) is 5.32 Å². The number of nitrogens with one attached hydrogen (secondary N) is 2. The number of rotatable bonds is 5. The molecule has 0 saturated carbocycles. The summed E-state index contributed by atoms with van der Waals surface area (Å²) in [5, 5.41) is 4.28. The smallest absolute Gasteiger partial charge is 0.279 e. The lowest BCUT2D eigenvalue weighted by molar-refractivity contribution is -0.885. The van der Waals surface area contributed by atoms with E-state index in [-0.39, 0.29) is 5.91 Å². The topological polar surface area (TPSA) is 33.5 Å². The molecule has 0 aromatic heterocycles. The van der Waals surface area contributed by atoms with Crippen molar-refractivity contribution in [1.29, 1.82) is 0 Å². The second kappa shape index (κ2) is 7.63. The molecule has 22 heavy (non-hydrogen) atoms. The predicted molar refractivity (Wildman–Crippen MR) is 91.7 cm³/mol. The van der Waals surface area contributed by atoms with Gasteiger partial charge in [-0.15, -0.1) is 0 Å². The van der Waals surface area contributed by atoms with E-state index in [1.54, 1.807) is 0 Å². The number of hydrogen-bond acceptors (Lipinski definition) is 1. The summed E-state index contributed by atoms with van der Waals surface area (Å²) in [7, 11) is 1.99. The quantitative estimate of drug-likeness (QED) is 0.864. The van der Waals surface area contributed by atoms with E-state index in [0.717, 1.165) is 33.3 Å². The molecule has 0 heterocycles. The minimum absolute atomic E-state index is 0.0307. The van der Waals surface area contributed by atoms with Gasteiger partial charge in [0.15, 0.2) is 6.54 Å². The van der Waals surface area contributed by atoms with Crippen LogP contribution >= 0.6 is 23.2 Å². The Kier molecular flexibility index (Phi) is 5.83. The highest BCUT2D eigenvalue weighted by Gasteiger charge is 2.12. The van der Waals surface area contributed by atoms with E-state index in [9.17, 15) is 4.79 Å². The Morgan fingerprint density at radius 2 is 1.82 bits per heavy atom. The lowest BCUT2D eigenvalue weighted by atomic mass is 10.2. The van der Waals surface area contributed by atoms with Crippen LogP contribution in [0, 0.1) is 6.92 Å². The Labute approximate surface area is 140 Å². The molecule has 0 aliphatic rings. The summed E-state index contributed by atoms with van der Waals surface area (Å²) >= 11 is 11.9. The number of anilines is 1. The van der Waals surface area contributed by atoms with Gasteiger partial charge in [0, 0.05) is 21.3 Å². The Balaban J connectivity index is 1.91. The van der Waals surface area contributed by atoms with Crippen LogP contribution in [-0.4, -0.2) is 19.5 Å². The van der Waals surface area contributed by atoms with E-state index in [1.165, 1.54) is 0 Å². The third kappa shape index (κ3) is 4.73. The maximum atomic E-state index is 12.1. The van der Waals surface area contributed by atoms with Gasteiger partial charge in [0.25, 0.3) is 5.91 Å². The van der Waals surface area contributed by atoms with Crippen LogP contribution in [0.2, 0.25) is 10.0 Å². The fraction of sp³-hybridized carbons (Fsp3) is 0.235. The average molecular weight is 338 g/mol. The van der Waals surface area contributed by atoms with Crippen LogP contribution in [0.1, 0.15) is 11.1 Å². The highest BCUT2D eigenvalue weighted by molar-refractivity contribution is 6.31. The van der Waals surface area contributed by atoms with Crippen LogP contribution < -0.4 is 10.2 Å². The lowest BCUT2D eigenvalue weighted by Crippen LogP contribution is -3.08. The third-order valence-electron chi connectivity index (χ3n) is 3.42. The Morgan fingerprint density at radius 1 is 1.14 bits per heavy atom. The Bertz CT molecular complexity index is 656. The molecule has 0 bridgehead atoms. The molecular formula is C17H19Cl2N2O+. The van der Waals surface area contributed by atoms with Crippen LogP contribution in [0.4, 0.5) is 5.69 Å². The summed E-state index contributed by atoms with van der Waals surface area (Å²) < 4.78 is 0. The molecule has 116 valence electrons. The van der Waals surface area contributed by atoms with E-state index < -0.39 is 0 Å². The fourth-order valence-electron chi connectivity index (χ4n) is 2.22. The largest absolute Gasteiger partial charge is 0.326 e. The predicted octanol–water partition coefficient (Wildman–Crippen LogP) is 2.96. The first-order valence-electron chi connectivity index (χ1n) is 7.06. The number of quaternary nitrogens is 1. The van der Waals surface area contributed by atoms with Crippen molar-refractivity contribution in [3.8, 4) is 0 Å².